The van der Waals surface area contributed by atoms with Gasteiger partial charge in [-0.3, -0.25) is 10.2 Å². The standard InChI is InChI=1S/C26H28Cl2N4O2/c1-16-6-3-7-17(2)31(16)30-26(33)24-21-10-4-8-18(14-20-9-5-13-34-20)25(21)32(29-24)23-12-11-19(27)15-22(23)28/h5,9,11-17H,3-4,6-8,10H2,1-2H3,(H,30,33)/b18-14+. The van der Waals surface area contributed by atoms with Crippen molar-refractivity contribution in [3.05, 3.63) is 69.4 Å². The smallest absolute Gasteiger partial charge is 0.286 e. The molecule has 3 heterocycles. The van der Waals surface area contributed by atoms with Crippen LogP contribution in [0.4, 0.5) is 0 Å². The SMILES string of the molecule is CC1CCCC(C)N1NC(=O)c1nn(-c2ccc(Cl)cc2Cl)c2c1CCC/C2=C\c1ccco1. The van der Waals surface area contributed by atoms with Crippen molar-refractivity contribution in [3.63, 3.8) is 0 Å². The number of hydrogen-bond acceptors (Lipinski definition) is 4. The van der Waals surface area contributed by atoms with Gasteiger partial charge in [0.15, 0.2) is 5.69 Å². The predicted octanol–water partition coefficient (Wildman–Crippen LogP) is 6.56. The van der Waals surface area contributed by atoms with E-state index in [4.69, 9.17) is 32.7 Å². The molecule has 0 bridgehead atoms. The Balaban J connectivity index is 1.61. The topological polar surface area (TPSA) is 63.3 Å². The van der Waals surface area contributed by atoms with Gasteiger partial charge >= 0.3 is 0 Å². The van der Waals surface area contributed by atoms with E-state index < -0.39 is 0 Å². The number of rotatable bonds is 4. The lowest BCUT2D eigenvalue weighted by molar-refractivity contribution is 0.0365. The fourth-order valence-electron chi connectivity index (χ4n) is 5.10. The van der Waals surface area contributed by atoms with E-state index >= 15 is 0 Å². The largest absolute Gasteiger partial charge is 0.465 e. The molecule has 1 N–H and O–H groups in total. The molecule has 0 radical (unpaired) electrons. The lowest BCUT2D eigenvalue weighted by atomic mass is 9.90. The molecule has 1 aliphatic heterocycles. The van der Waals surface area contributed by atoms with Gasteiger partial charge in [-0.15, -0.1) is 0 Å². The number of carbonyl (C=O) groups excluding carboxylic acids is 1. The lowest BCUT2D eigenvalue weighted by Gasteiger charge is -2.38. The van der Waals surface area contributed by atoms with Crippen molar-refractivity contribution in [2.45, 2.75) is 64.5 Å². The maximum absolute atomic E-state index is 13.6. The van der Waals surface area contributed by atoms with E-state index in [1.165, 1.54) is 6.42 Å². The highest BCUT2D eigenvalue weighted by Gasteiger charge is 2.32. The number of hydrogen-bond donors (Lipinski definition) is 1. The number of allylic oxidation sites excluding steroid dienone is 1. The van der Waals surface area contributed by atoms with Crippen LogP contribution in [0.5, 0.6) is 0 Å². The van der Waals surface area contributed by atoms with Gasteiger partial charge in [-0.2, -0.15) is 5.10 Å². The molecule has 8 heteroatoms. The Morgan fingerprint density at radius 1 is 1.15 bits per heavy atom. The maximum Gasteiger partial charge on any atom is 0.286 e. The molecule has 1 amide bonds. The summed E-state index contributed by atoms with van der Waals surface area (Å²) in [7, 11) is 0. The zero-order chi connectivity index (χ0) is 23.8. The van der Waals surface area contributed by atoms with Gasteiger partial charge in [-0.05, 0) is 87.9 Å². The summed E-state index contributed by atoms with van der Waals surface area (Å²) >= 11 is 12.7. The molecule has 1 aliphatic carbocycles. The van der Waals surface area contributed by atoms with E-state index in [-0.39, 0.29) is 18.0 Å². The summed E-state index contributed by atoms with van der Waals surface area (Å²) in [5, 5.41) is 7.93. The highest BCUT2D eigenvalue weighted by Crippen LogP contribution is 2.37. The van der Waals surface area contributed by atoms with E-state index in [2.05, 4.69) is 24.3 Å². The third-order valence-electron chi connectivity index (χ3n) is 6.80. The van der Waals surface area contributed by atoms with Gasteiger partial charge < -0.3 is 4.42 Å². The van der Waals surface area contributed by atoms with Crippen molar-refractivity contribution in [2.24, 2.45) is 0 Å². The number of furan rings is 1. The maximum atomic E-state index is 13.6. The molecule has 1 saturated heterocycles. The third kappa shape index (κ3) is 4.42. The zero-order valence-corrected chi connectivity index (χ0v) is 20.9. The molecule has 5 rings (SSSR count). The number of nitrogens with one attached hydrogen (secondary N) is 1. The number of halogens is 2. The van der Waals surface area contributed by atoms with Crippen LogP contribution in [0.25, 0.3) is 17.3 Å². The normalized spacial score (nSPS) is 22.1. The van der Waals surface area contributed by atoms with Crippen LogP contribution in [0, 0.1) is 0 Å². The lowest BCUT2D eigenvalue weighted by Crippen LogP contribution is -2.54. The van der Waals surface area contributed by atoms with Crippen LogP contribution in [0.2, 0.25) is 10.0 Å². The first kappa shape index (κ1) is 23.2. The third-order valence-corrected chi connectivity index (χ3v) is 7.34. The van der Waals surface area contributed by atoms with Crippen LogP contribution in [0.1, 0.15) is 73.5 Å². The molecule has 178 valence electrons. The predicted molar refractivity (Wildman–Crippen MR) is 135 cm³/mol. The summed E-state index contributed by atoms with van der Waals surface area (Å²) < 4.78 is 7.37. The number of fused-ring (bicyclic) bond motifs is 1. The Kier molecular flexibility index (Phi) is 6.56. The molecule has 1 fully saturated rings. The second kappa shape index (κ2) is 9.61. The van der Waals surface area contributed by atoms with Crippen molar-refractivity contribution < 1.29 is 9.21 Å². The summed E-state index contributed by atoms with van der Waals surface area (Å²) in [6.07, 6.45) is 9.53. The highest BCUT2D eigenvalue weighted by atomic mass is 35.5. The Hall–Kier alpha value is -2.54. The molecule has 2 unspecified atom stereocenters. The van der Waals surface area contributed by atoms with Crippen molar-refractivity contribution in [2.75, 3.05) is 0 Å². The molecule has 1 aromatic carbocycles. The first-order chi connectivity index (χ1) is 16.4. The number of benzene rings is 1. The average Bonchev–Trinajstić information content (AvgIpc) is 3.45. The zero-order valence-electron chi connectivity index (χ0n) is 19.4. The Morgan fingerprint density at radius 3 is 2.65 bits per heavy atom. The van der Waals surface area contributed by atoms with Crippen LogP contribution >= 0.6 is 23.2 Å². The summed E-state index contributed by atoms with van der Waals surface area (Å²) in [5.41, 5.74) is 7.19. The minimum absolute atomic E-state index is 0.181. The van der Waals surface area contributed by atoms with Crippen LogP contribution in [-0.2, 0) is 6.42 Å². The average molecular weight is 499 g/mol. The van der Waals surface area contributed by atoms with Gasteiger partial charge in [0.25, 0.3) is 5.91 Å². The van der Waals surface area contributed by atoms with Crippen molar-refractivity contribution in [1.29, 1.82) is 0 Å². The van der Waals surface area contributed by atoms with E-state index in [9.17, 15) is 4.79 Å². The summed E-state index contributed by atoms with van der Waals surface area (Å²) in [6.45, 7) is 4.31. The minimum atomic E-state index is -0.181. The first-order valence-corrected chi connectivity index (χ1v) is 12.6. The van der Waals surface area contributed by atoms with Gasteiger partial charge in [-0.1, -0.05) is 29.6 Å². The molecule has 0 spiro atoms. The molecule has 3 aromatic rings. The van der Waals surface area contributed by atoms with Crippen molar-refractivity contribution in [1.82, 2.24) is 20.2 Å². The van der Waals surface area contributed by atoms with Crippen LogP contribution in [-0.4, -0.2) is 32.8 Å². The minimum Gasteiger partial charge on any atom is -0.465 e. The monoisotopic (exact) mass is 498 g/mol. The molecule has 2 aliphatic rings. The molecule has 2 atom stereocenters. The quantitative estimate of drug-likeness (QED) is 0.442. The van der Waals surface area contributed by atoms with Crippen LogP contribution in [0.15, 0.2) is 41.0 Å². The summed E-state index contributed by atoms with van der Waals surface area (Å²) in [4.78, 5) is 13.6. The number of carbonyl (C=O) groups is 1. The van der Waals surface area contributed by atoms with Gasteiger partial charge in [0.05, 0.1) is 22.7 Å². The van der Waals surface area contributed by atoms with Crippen LogP contribution in [0.3, 0.4) is 0 Å². The van der Waals surface area contributed by atoms with E-state index in [0.29, 0.717) is 21.4 Å². The van der Waals surface area contributed by atoms with E-state index in [1.807, 2.05) is 24.3 Å². The molecule has 2 aromatic heterocycles. The number of piperidine rings is 1. The van der Waals surface area contributed by atoms with Gasteiger partial charge in [-0.25, -0.2) is 9.69 Å². The second-order valence-corrected chi connectivity index (χ2v) is 10.0. The molecular weight excluding hydrogens is 471 g/mol. The van der Waals surface area contributed by atoms with Gasteiger partial charge in [0.2, 0.25) is 0 Å². The summed E-state index contributed by atoms with van der Waals surface area (Å²) in [6, 6.07) is 9.67. The molecule has 0 saturated carbocycles. The molecular formula is C26H28Cl2N4O2. The fourth-order valence-corrected chi connectivity index (χ4v) is 5.59. The van der Waals surface area contributed by atoms with E-state index in [0.717, 1.165) is 54.7 Å². The van der Waals surface area contributed by atoms with Crippen molar-refractivity contribution in [3.8, 4) is 5.69 Å². The Labute approximate surface area is 209 Å². The van der Waals surface area contributed by atoms with Crippen LogP contribution < -0.4 is 5.43 Å². The molecule has 34 heavy (non-hydrogen) atoms. The number of hydrazine groups is 1. The Morgan fingerprint density at radius 2 is 1.94 bits per heavy atom. The Bertz CT molecular complexity index is 1220. The number of amides is 1. The number of aromatic nitrogens is 2. The van der Waals surface area contributed by atoms with Gasteiger partial charge in [0.1, 0.15) is 5.76 Å². The second-order valence-electron chi connectivity index (χ2n) is 9.20. The highest BCUT2D eigenvalue weighted by molar-refractivity contribution is 6.35. The van der Waals surface area contributed by atoms with Crippen molar-refractivity contribution >= 4 is 40.8 Å². The van der Waals surface area contributed by atoms with Gasteiger partial charge in [0, 0.05) is 22.7 Å². The first-order valence-electron chi connectivity index (χ1n) is 11.8. The fraction of sp³-hybridized carbons (Fsp3) is 0.385. The van der Waals surface area contributed by atoms with E-state index in [1.54, 1.807) is 23.1 Å². The number of nitrogens with zero attached hydrogens (tertiary/aromatic N) is 3. The molecule has 6 nitrogen and oxygen atoms in total. The summed E-state index contributed by atoms with van der Waals surface area (Å²) in [5.74, 6) is 0.583.